The molecular formula is C12H12ClN5O3. The molecular weight excluding hydrogens is 298 g/mol. The van der Waals surface area contributed by atoms with Gasteiger partial charge in [-0.1, -0.05) is 18.5 Å². The first-order chi connectivity index (χ1) is 10.0. The van der Waals surface area contributed by atoms with Crippen molar-refractivity contribution < 1.29 is 9.66 Å². The number of rotatable bonds is 5. The molecule has 8 nitrogen and oxygen atoms in total. The van der Waals surface area contributed by atoms with Gasteiger partial charge in [0.05, 0.1) is 4.92 Å². The van der Waals surface area contributed by atoms with Gasteiger partial charge in [0.15, 0.2) is 0 Å². The van der Waals surface area contributed by atoms with E-state index in [1.807, 2.05) is 6.92 Å². The largest absolute Gasteiger partial charge is 0.432 e. The molecule has 1 aromatic heterocycles. The molecule has 0 saturated carbocycles. The summed E-state index contributed by atoms with van der Waals surface area (Å²) in [5.41, 5.74) is 2.14. The Bertz CT molecular complexity index is 658. The molecule has 0 bridgehead atoms. The minimum absolute atomic E-state index is 0.0353. The van der Waals surface area contributed by atoms with E-state index in [4.69, 9.17) is 22.2 Å². The topological polar surface area (TPSA) is 116 Å². The van der Waals surface area contributed by atoms with Crippen molar-refractivity contribution in [3.63, 3.8) is 0 Å². The molecule has 0 aliphatic heterocycles. The smallest absolute Gasteiger partial charge is 0.313 e. The predicted octanol–water partition coefficient (Wildman–Crippen LogP) is 2.68. The van der Waals surface area contributed by atoms with Crippen LogP contribution < -0.4 is 16.0 Å². The van der Waals surface area contributed by atoms with Crippen LogP contribution in [0.25, 0.3) is 0 Å². The van der Waals surface area contributed by atoms with Crippen molar-refractivity contribution in [2.75, 3.05) is 5.43 Å². The van der Waals surface area contributed by atoms with Gasteiger partial charge in [0.25, 0.3) is 0 Å². The number of nitrogens with two attached hydrogens (primary N) is 1. The van der Waals surface area contributed by atoms with Crippen molar-refractivity contribution in [2.24, 2.45) is 5.84 Å². The number of hydrogen-bond donors (Lipinski definition) is 2. The zero-order valence-corrected chi connectivity index (χ0v) is 11.8. The first kappa shape index (κ1) is 14.9. The number of nitrogen functional groups attached to an aromatic ring is 1. The maximum absolute atomic E-state index is 11.0. The van der Waals surface area contributed by atoms with Crippen LogP contribution in [-0.4, -0.2) is 14.9 Å². The number of aryl methyl sites for hydroxylation is 1. The van der Waals surface area contributed by atoms with Gasteiger partial charge in [0.1, 0.15) is 11.6 Å². The van der Waals surface area contributed by atoms with Crippen LogP contribution in [0.15, 0.2) is 24.3 Å². The third-order valence-electron chi connectivity index (χ3n) is 2.55. The third-order valence-corrected chi connectivity index (χ3v) is 2.78. The molecule has 2 aromatic rings. The molecule has 110 valence electrons. The number of aromatic nitrogens is 2. The van der Waals surface area contributed by atoms with Crippen LogP contribution in [0.4, 0.5) is 11.5 Å². The van der Waals surface area contributed by atoms with Crippen LogP contribution in [0, 0.1) is 10.1 Å². The number of nitrogens with one attached hydrogen (secondary N) is 1. The molecule has 0 spiro atoms. The third kappa shape index (κ3) is 3.56. The summed E-state index contributed by atoms with van der Waals surface area (Å²) >= 11 is 5.75. The lowest BCUT2D eigenvalue weighted by molar-refractivity contribution is -0.385. The van der Waals surface area contributed by atoms with E-state index in [0.717, 1.165) is 0 Å². The molecule has 0 atom stereocenters. The summed E-state index contributed by atoms with van der Waals surface area (Å²) in [5, 5.41) is 11.3. The number of nitro groups is 1. The summed E-state index contributed by atoms with van der Waals surface area (Å²) in [7, 11) is 0. The highest BCUT2D eigenvalue weighted by atomic mass is 35.5. The van der Waals surface area contributed by atoms with E-state index in [1.54, 1.807) is 0 Å². The minimum atomic E-state index is -0.578. The second kappa shape index (κ2) is 6.33. The van der Waals surface area contributed by atoms with Crippen LogP contribution in [0.5, 0.6) is 11.6 Å². The molecule has 0 aliphatic rings. The van der Waals surface area contributed by atoms with E-state index in [0.29, 0.717) is 18.1 Å². The number of nitro benzene ring substituents is 1. The van der Waals surface area contributed by atoms with Gasteiger partial charge < -0.3 is 10.2 Å². The van der Waals surface area contributed by atoms with E-state index in [9.17, 15) is 10.1 Å². The minimum Gasteiger partial charge on any atom is -0.432 e. The zero-order chi connectivity index (χ0) is 15.4. The van der Waals surface area contributed by atoms with Crippen LogP contribution in [0.3, 0.4) is 0 Å². The number of benzene rings is 1. The Kier molecular flexibility index (Phi) is 4.51. The maximum Gasteiger partial charge on any atom is 0.313 e. The van der Waals surface area contributed by atoms with Crippen molar-refractivity contribution in [3.05, 3.63) is 45.2 Å². The standard InChI is InChI=1S/C12H12ClN5O3/c1-2-10-15-11(17-14)6-12(16-10)21-9-4-3-7(13)5-8(9)18(19)20/h3-6H,2,14H2,1H3,(H,15,16,17). The van der Waals surface area contributed by atoms with Crippen molar-refractivity contribution in [2.45, 2.75) is 13.3 Å². The highest BCUT2D eigenvalue weighted by Crippen LogP contribution is 2.33. The van der Waals surface area contributed by atoms with Crippen LogP contribution in [0.2, 0.25) is 5.02 Å². The Morgan fingerprint density at radius 3 is 2.81 bits per heavy atom. The fourth-order valence-electron chi connectivity index (χ4n) is 1.59. The van der Waals surface area contributed by atoms with Crippen molar-refractivity contribution >= 4 is 23.1 Å². The zero-order valence-electron chi connectivity index (χ0n) is 11.0. The van der Waals surface area contributed by atoms with Gasteiger partial charge in [-0.2, -0.15) is 4.98 Å². The number of nitrogens with zero attached hydrogens (tertiary/aromatic N) is 3. The molecule has 0 aliphatic carbocycles. The Labute approximate surface area is 125 Å². The summed E-state index contributed by atoms with van der Waals surface area (Å²) < 4.78 is 5.46. The second-order valence-electron chi connectivity index (χ2n) is 3.98. The van der Waals surface area contributed by atoms with E-state index in [1.165, 1.54) is 24.3 Å². The van der Waals surface area contributed by atoms with E-state index in [2.05, 4.69) is 15.4 Å². The Morgan fingerprint density at radius 2 is 2.19 bits per heavy atom. The Hall–Kier alpha value is -2.45. The molecule has 21 heavy (non-hydrogen) atoms. The normalized spacial score (nSPS) is 10.2. The highest BCUT2D eigenvalue weighted by Gasteiger charge is 2.17. The number of hydrazine groups is 1. The highest BCUT2D eigenvalue weighted by molar-refractivity contribution is 6.30. The fraction of sp³-hybridized carbons (Fsp3) is 0.167. The van der Waals surface area contributed by atoms with Crippen molar-refractivity contribution in [1.82, 2.24) is 9.97 Å². The molecule has 9 heteroatoms. The van der Waals surface area contributed by atoms with Gasteiger partial charge in [-0.3, -0.25) is 10.1 Å². The predicted molar refractivity (Wildman–Crippen MR) is 77.4 cm³/mol. The molecule has 0 fully saturated rings. The Morgan fingerprint density at radius 1 is 1.43 bits per heavy atom. The number of hydrogen-bond acceptors (Lipinski definition) is 7. The maximum atomic E-state index is 11.0. The van der Waals surface area contributed by atoms with Gasteiger partial charge in [-0.05, 0) is 12.1 Å². The van der Waals surface area contributed by atoms with E-state index in [-0.39, 0.29) is 22.3 Å². The van der Waals surface area contributed by atoms with Gasteiger partial charge in [0.2, 0.25) is 11.6 Å². The number of ether oxygens (including phenoxy) is 1. The summed E-state index contributed by atoms with van der Waals surface area (Å²) in [6.07, 6.45) is 0.564. The monoisotopic (exact) mass is 309 g/mol. The molecule has 0 amide bonds. The van der Waals surface area contributed by atoms with Gasteiger partial charge in [-0.25, -0.2) is 10.8 Å². The fourth-order valence-corrected chi connectivity index (χ4v) is 1.76. The quantitative estimate of drug-likeness (QED) is 0.495. The lowest BCUT2D eigenvalue weighted by atomic mass is 10.3. The molecule has 1 aromatic carbocycles. The molecule has 1 heterocycles. The van der Waals surface area contributed by atoms with Crippen LogP contribution in [0.1, 0.15) is 12.7 Å². The van der Waals surface area contributed by atoms with E-state index >= 15 is 0 Å². The molecule has 0 unspecified atom stereocenters. The first-order valence-electron chi connectivity index (χ1n) is 6.00. The Balaban J connectivity index is 2.40. The average molecular weight is 310 g/mol. The number of halogens is 1. The van der Waals surface area contributed by atoms with Crippen molar-refractivity contribution in [1.29, 1.82) is 0 Å². The first-order valence-corrected chi connectivity index (χ1v) is 6.37. The summed E-state index contributed by atoms with van der Waals surface area (Å²) in [6, 6.07) is 5.55. The SMILES string of the molecule is CCc1nc(NN)cc(Oc2ccc(Cl)cc2[N+](=O)[O-])n1. The van der Waals surface area contributed by atoms with Crippen LogP contribution in [-0.2, 0) is 6.42 Å². The summed E-state index contributed by atoms with van der Waals surface area (Å²) in [5.74, 6) is 6.35. The molecule has 0 radical (unpaired) electrons. The lowest BCUT2D eigenvalue weighted by Crippen LogP contribution is -2.10. The molecule has 0 saturated heterocycles. The van der Waals surface area contributed by atoms with Crippen LogP contribution >= 0.6 is 11.6 Å². The summed E-state index contributed by atoms with van der Waals surface area (Å²) in [6.45, 7) is 1.87. The van der Waals surface area contributed by atoms with E-state index < -0.39 is 4.92 Å². The van der Waals surface area contributed by atoms with Gasteiger partial charge in [-0.15, -0.1) is 0 Å². The molecule has 3 N–H and O–H groups in total. The summed E-state index contributed by atoms with van der Waals surface area (Å²) in [4.78, 5) is 18.7. The van der Waals surface area contributed by atoms with Crippen molar-refractivity contribution in [3.8, 4) is 11.6 Å². The van der Waals surface area contributed by atoms with Gasteiger partial charge >= 0.3 is 5.69 Å². The van der Waals surface area contributed by atoms with Gasteiger partial charge in [0, 0.05) is 23.6 Å². The second-order valence-corrected chi connectivity index (χ2v) is 4.41. The number of anilines is 1. The average Bonchev–Trinajstić information content (AvgIpc) is 2.48. The lowest BCUT2D eigenvalue weighted by Gasteiger charge is -2.08. The molecule has 2 rings (SSSR count).